The molecular formula is C15H21ClN2O2. The molecule has 110 valence electrons. The van der Waals surface area contributed by atoms with Gasteiger partial charge in [0.25, 0.3) is 0 Å². The molecule has 1 aromatic carbocycles. The summed E-state index contributed by atoms with van der Waals surface area (Å²) in [5.41, 5.74) is 1.32. The lowest BCUT2D eigenvalue weighted by Gasteiger charge is -2.33. The van der Waals surface area contributed by atoms with Gasteiger partial charge in [-0.3, -0.25) is 4.90 Å². The number of amides is 1. The standard InChI is InChI=1S/C15H21ClN2O2/c16-14-6-4-13(5-7-14)3-1-2-8-17-9-11-18(12-10-17)15(19)20/h4-7H,1-3,8-12H2,(H,19,20). The number of hydrogen-bond donors (Lipinski definition) is 1. The van der Waals surface area contributed by atoms with Crippen LogP contribution in [0.3, 0.4) is 0 Å². The Kier molecular flexibility index (Phi) is 5.68. The minimum Gasteiger partial charge on any atom is -0.465 e. The summed E-state index contributed by atoms with van der Waals surface area (Å²) in [7, 11) is 0. The molecule has 0 atom stereocenters. The van der Waals surface area contributed by atoms with Crippen LogP contribution in [0.4, 0.5) is 4.79 Å². The average molecular weight is 297 g/mol. The summed E-state index contributed by atoms with van der Waals surface area (Å²) in [6, 6.07) is 8.02. The molecule has 0 aromatic heterocycles. The monoisotopic (exact) mass is 296 g/mol. The zero-order valence-electron chi connectivity index (χ0n) is 11.6. The summed E-state index contributed by atoms with van der Waals surface area (Å²) < 4.78 is 0. The van der Waals surface area contributed by atoms with Gasteiger partial charge in [-0.15, -0.1) is 0 Å². The third kappa shape index (κ3) is 4.69. The van der Waals surface area contributed by atoms with E-state index in [1.54, 1.807) is 0 Å². The van der Waals surface area contributed by atoms with Gasteiger partial charge < -0.3 is 10.0 Å². The second-order valence-electron chi connectivity index (χ2n) is 5.19. The quantitative estimate of drug-likeness (QED) is 0.850. The molecule has 4 nitrogen and oxygen atoms in total. The number of hydrogen-bond acceptors (Lipinski definition) is 2. The number of benzene rings is 1. The van der Waals surface area contributed by atoms with Crippen molar-refractivity contribution in [3.05, 3.63) is 34.9 Å². The number of rotatable bonds is 5. The van der Waals surface area contributed by atoms with Crippen LogP contribution in [0.5, 0.6) is 0 Å². The fourth-order valence-electron chi connectivity index (χ4n) is 2.48. The van der Waals surface area contributed by atoms with Crippen LogP contribution in [0.25, 0.3) is 0 Å². The highest BCUT2D eigenvalue weighted by molar-refractivity contribution is 6.30. The molecule has 2 rings (SSSR count). The summed E-state index contributed by atoms with van der Waals surface area (Å²) in [4.78, 5) is 14.6. The first-order valence-corrected chi connectivity index (χ1v) is 7.47. The van der Waals surface area contributed by atoms with E-state index in [4.69, 9.17) is 16.7 Å². The molecule has 1 saturated heterocycles. The van der Waals surface area contributed by atoms with Crippen LogP contribution in [0.1, 0.15) is 18.4 Å². The second-order valence-corrected chi connectivity index (χ2v) is 5.63. The van der Waals surface area contributed by atoms with Crippen LogP contribution in [0.2, 0.25) is 5.02 Å². The third-order valence-corrected chi connectivity index (χ3v) is 4.00. The molecule has 0 radical (unpaired) electrons. The van der Waals surface area contributed by atoms with E-state index in [0.29, 0.717) is 13.1 Å². The summed E-state index contributed by atoms with van der Waals surface area (Å²) in [6.45, 7) is 4.03. The highest BCUT2D eigenvalue weighted by Gasteiger charge is 2.19. The predicted molar refractivity (Wildman–Crippen MR) is 80.4 cm³/mol. The Hall–Kier alpha value is -1.26. The van der Waals surface area contributed by atoms with Gasteiger partial charge in [0, 0.05) is 31.2 Å². The van der Waals surface area contributed by atoms with E-state index in [0.717, 1.165) is 43.9 Å². The molecule has 1 fully saturated rings. The number of halogens is 1. The summed E-state index contributed by atoms with van der Waals surface area (Å²) in [5, 5.41) is 9.66. The predicted octanol–water partition coefficient (Wildman–Crippen LogP) is 2.96. The van der Waals surface area contributed by atoms with Gasteiger partial charge in [-0.1, -0.05) is 23.7 Å². The minimum atomic E-state index is -0.799. The van der Waals surface area contributed by atoms with E-state index in [1.165, 1.54) is 10.5 Å². The van der Waals surface area contributed by atoms with E-state index in [2.05, 4.69) is 17.0 Å². The number of aryl methyl sites for hydroxylation is 1. The molecule has 5 heteroatoms. The number of carboxylic acid groups (broad SMARTS) is 1. The second kappa shape index (κ2) is 7.50. The van der Waals surface area contributed by atoms with Crippen molar-refractivity contribution in [3.8, 4) is 0 Å². The Morgan fingerprint density at radius 1 is 1.10 bits per heavy atom. The Morgan fingerprint density at radius 3 is 2.35 bits per heavy atom. The lowest BCUT2D eigenvalue weighted by Crippen LogP contribution is -2.48. The van der Waals surface area contributed by atoms with Crippen LogP contribution in [-0.4, -0.2) is 53.7 Å². The zero-order chi connectivity index (χ0) is 14.4. The largest absolute Gasteiger partial charge is 0.465 e. The Balaban J connectivity index is 1.60. The Morgan fingerprint density at radius 2 is 1.75 bits per heavy atom. The summed E-state index contributed by atoms with van der Waals surface area (Å²) in [5.74, 6) is 0. The smallest absolute Gasteiger partial charge is 0.407 e. The van der Waals surface area contributed by atoms with Crippen LogP contribution in [0, 0.1) is 0 Å². The summed E-state index contributed by atoms with van der Waals surface area (Å²) in [6.07, 6.45) is 2.58. The molecule has 1 N–H and O–H groups in total. The van der Waals surface area contributed by atoms with Crippen LogP contribution in [0.15, 0.2) is 24.3 Å². The third-order valence-electron chi connectivity index (χ3n) is 3.75. The van der Waals surface area contributed by atoms with E-state index in [-0.39, 0.29) is 0 Å². The normalized spacial score (nSPS) is 16.4. The maximum atomic E-state index is 10.8. The van der Waals surface area contributed by atoms with Crippen molar-refractivity contribution >= 4 is 17.7 Å². The Bertz CT molecular complexity index is 428. The molecule has 0 bridgehead atoms. The van der Waals surface area contributed by atoms with Crippen molar-refractivity contribution in [3.63, 3.8) is 0 Å². The molecule has 0 saturated carbocycles. The maximum Gasteiger partial charge on any atom is 0.407 e. The first-order valence-electron chi connectivity index (χ1n) is 7.10. The van der Waals surface area contributed by atoms with Gasteiger partial charge in [0.05, 0.1) is 0 Å². The van der Waals surface area contributed by atoms with Crippen molar-refractivity contribution in [2.75, 3.05) is 32.7 Å². The lowest BCUT2D eigenvalue weighted by molar-refractivity contribution is 0.105. The van der Waals surface area contributed by atoms with E-state index < -0.39 is 6.09 Å². The highest BCUT2D eigenvalue weighted by Crippen LogP contribution is 2.12. The zero-order valence-corrected chi connectivity index (χ0v) is 12.4. The first kappa shape index (κ1) is 15.1. The van der Waals surface area contributed by atoms with Gasteiger partial charge in [0.2, 0.25) is 0 Å². The topological polar surface area (TPSA) is 43.8 Å². The molecule has 1 aliphatic heterocycles. The van der Waals surface area contributed by atoms with Crippen LogP contribution < -0.4 is 0 Å². The van der Waals surface area contributed by atoms with Gasteiger partial charge in [-0.05, 0) is 43.5 Å². The van der Waals surface area contributed by atoms with Crippen molar-refractivity contribution in [2.24, 2.45) is 0 Å². The lowest BCUT2D eigenvalue weighted by atomic mass is 10.1. The van der Waals surface area contributed by atoms with Gasteiger partial charge in [0.15, 0.2) is 0 Å². The van der Waals surface area contributed by atoms with Gasteiger partial charge in [0.1, 0.15) is 0 Å². The van der Waals surface area contributed by atoms with Crippen molar-refractivity contribution in [1.29, 1.82) is 0 Å². The molecule has 0 unspecified atom stereocenters. The Labute approximate surface area is 124 Å². The molecule has 20 heavy (non-hydrogen) atoms. The van der Waals surface area contributed by atoms with Gasteiger partial charge in [-0.2, -0.15) is 0 Å². The number of piperazine rings is 1. The van der Waals surface area contributed by atoms with Crippen LogP contribution in [-0.2, 0) is 6.42 Å². The van der Waals surface area contributed by atoms with E-state index in [1.807, 2.05) is 12.1 Å². The van der Waals surface area contributed by atoms with Gasteiger partial charge >= 0.3 is 6.09 Å². The fourth-order valence-corrected chi connectivity index (χ4v) is 2.60. The first-order chi connectivity index (χ1) is 9.65. The molecule has 1 heterocycles. The number of unbranched alkanes of at least 4 members (excludes halogenated alkanes) is 1. The van der Waals surface area contributed by atoms with Crippen LogP contribution >= 0.6 is 11.6 Å². The molecule has 0 aliphatic carbocycles. The van der Waals surface area contributed by atoms with E-state index in [9.17, 15) is 4.79 Å². The molecule has 0 spiro atoms. The van der Waals surface area contributed by atoms with Crippen molar-refractivity contribution < 1.29 is 9.90 Å². The van der Waals surface area contributed by atoms with Crippen molar-refractivity contribution in [2.45, 2.75) is 19.3 Å². The minimum absolute atomic E-state index is 0.631. The maximum absolute atomic E-state index is 10.8. The number of nitrogens with zero attached hydrogens (tertiary/aromatic N) is 2. The molecule has 1 aliphatic rings. The summed E-state index contributed by atoms with van der Waals surface area (Å²) >= 11 is 5.86. The van der Waals surface area contributed by atoms with Crippen molar-refractivity contribution in [1.82, 2.24) is 9.80 Å². The van der Waals surface area contributed by atoms with Gasteiger partial charge in [-0.25, -0.2) is 4.79 Å². The number of carbonyl (C=O) groups is 1. The highest BCUT2D eigenvalue weighted by atomic mass is 35.5. The molecular weight excluding hydrogens is 276 g/mol. The SMILES string of the molecule is O=C(O)N1CCN(CCCCc2ccc(Cl)cc2)CC1. The fraction of sp³-hybridized carbons (Fsp3) is 0.533. The molecule has 1 amide bonds. The average Bonchev–Trinajstić information content (AvgIpc) is 2.46. The molecule has 1 aromatic rings. The van der Waals surface area contributed by atoms with E-state index >= 15 is 0 Å².